The summed E-state index contributed by atoms with van der Waals surface area (Å²) < 4.78 is 2.17. The number of hydrazone groups is 1. The average Bonchev–Trinajstić information content (AvgIpc) is 3.28. The molecule has 1 aromatic carbocycles. The standard InChI is InChI=1S/C25H29N5OS/c1-5-6-7-8-12-22-28-30-23(26)21(24(31)27-25(30)32-22)15-19-14-17(3)29(18(19)4)20-11-9-10-16(2)13-20/h9-11,13-15,26H,5-8,12H2,1-4H3/b21-15+,26-23?. The highest BCUT2D eigenvalue weighted by Crippen LogP contribution is 2.31. The van der Waals surface area contributed by atoms with Gasteiger partial charge in [0.25, 0.3) is 5.91 Å². The van der Waals surface area contributed by atoms with Crippen molar-refractivity contribution in [3.8, 4) is 5.69 Å². The van der Waals surface area contributed by atoms with E-state index in [0.717, 1.165) is 40.5 Å². The van der Waals surface area contributed by atoms with Crippen molar-refractivity contribution < 1.29 is 4.79 Å². The number of amidine groups is 2. The van der Waals surface area contributed by atoms with Gasteiger partial charge in [-0.15, -0.1) is 0 Å². The van der Waals surface area contributed by atoms with Crippen LogP contribution in [0.15, 0.2) is 46.0 Å². The highest BCUT2D eigenvalue weighted by atomic mass is 32.2. The molecule has 2 aliphatic rings. The molecule has 2 aliphatic heterocycles. The molecule has 4 rings (SSSR count). The molecule has 166 valence electrons. The Hall–Kier alpha value is -2.93. The molecule has 3 heterocycles. The summed E-state index contributed by atoms with van der Waals surface area (Å²) in [6, 6.07) is 10.4. The fraction of sp³-hybridized carbons (Fsp3) is 0.360. The molecule has 0 saturated carbocycles. The number of rotatable bonds is 7. The van der Waals surface area contributed by atoms with Crippen molar-refractivity contribution >= 4 is 39.8 Å². The largest absolute Gasteiger partial charge is 0.318 e. The zero-order chi connectivity index (χ0) is 22.8. The molecule has 1 aromatic heterocycles. The van der Waals surface area contributed by atoms with Crippen LogP contribution in [0.25, 0.3) is 11.8 Å². The Labute approximate surface area is 193 Å². The average molecular weight is 448 g/mol. The lowest BCUT2D eigenvalue weighted by molar-refractivity contribution is -0.114. The number of benzene rings is 1. The molecule has 0 atom stereocenters. The van der Waals surface area contributed by atoms with Crippen LogP contribution in [0, 0.1) is 26.2 Å². The zero-order valence-corrected chi connectivity index (χ0v) is 19.9. The number of aromatic nitrogens is 1. The predicted octanol–water partition coefficient (Wildman–Crippen LogP) is 5.99. The fourth-order valence-electron chi connectivity index (χ4n) is 4.09. The Kier molecular flexibility index (Phi) is 6.46. The Morgan fingerprint density at radius 2 is 1.94 bits per heavy atom. The zero-order valence-electron chi connectivity index (χ0n) is 19.1. The van der Waals surface area contributed by atoms with Crippen molar-refractivity contribution in [1.82, 2.24) is 9.58 Å². The van der Waals surface area contributed by atoms with Gasteiger partial charge in [0.1, 0.15) is 5.04 Å². The van der Waals surface area contributed by atoms with E-state index in [2.05, 4.69) is 46.7 Å². The number of fused-ring (bicyclic) bond motifs is 1. The van der Waals surface area contributed by atoms with Crippen molar-refractivity contribution in [2.24, 2.45) is 10.1 Å². The smallest absolute Gasteiger partial charge is 0.283 e. The molecular weight excluding hydrogens is 418 g/mol. The predicted molar refractivity (Wildman–Crippen MR) is 134 cm³/mol. The van der Waals surface area contributed by atoms with Crippen LogP contribution in [0.1, 0.15) is 61.5 Å². The summed E-state index contributed by atoms with van der Waals surface area (Å²) in [7, 11) is 0. The molecule has 7 heteroatoms. The van der Waals surface area contributed by atoms with Crippen LogP contribution in [0.3, 0.4) is 0 Å². The summed E-state index contributed by atoms with van der Waals surface area (Å²) in [6.07, 6.45) is 7.27. The number of carbonyl (C=O) groups excluding carboxylic acids is 1. The minimum Gasteiger partial charge on any atom is -0.318 e. The number of hydrogen-bond donors (Lipinski definition) is 1. The summed E-state index contributed by atoms with van der Waals surface area (Å²) in [5, 5.41) is 16.1. The van der Waals surface area contributed by atoms with E-state index in [1.807, 2.05) is 26.0 Å². The first-order chi connectivity index (χ1) is 15.4. The van der Waals surface area contributed by atoms with Gasteiger partial charge in [-0.1, -0.05) is 38.3 Å². The van der Waals surface area contributed by atoms with E-state index in [4.69, 9.17) is 5.41 Å². The molecule has 0 fully saturated rings. The number of aliphatic imine (C=N–C) groups is 1. The topological polar surface area (TPSA) is 73.8 Å². The molecule has 0 saturated heterocycles. The van der Waals surface area contributed by atoms with Crippen LogP contribution >= 0.6 is 11.8 Å². The summed E-state index contributed by atoms with van der Waals surface area (Å²) >= 11 is 1.41. The van der Waals surface area contributed by atoms with Crippen LogP contribution in [-0.4, -0.2) is 31.5 Å². The second-order valence-electron chi connectivity index (χ2n) is 8.33. The third-order valence-corrected chi connectivity index (χ3v) is 6.74. The number of amides is 1. The minimum atomic E-state index is -0.378. The molecule has 0 spiro atoms. The normalized spacial score (nSPS) is 17.1. The van der Waals surface area contributed by atoms with Gasteiger partial charge in [-0.2, -0.15) is 15.1 Å². The molecular formula is C25H29N5OS. The van der Waals surface area contributed by atoms with Gasteiger partial charge < -0.3 is 4.57 Å². The SMILES string of the molecule is CCCCCCC1=NN2C(=N)/C(=C\c3cc(C)n(-c4cccc(C)c4)c3C)C(=O)N=C2S1. The second kappa shape index (κ2) is 9.28. The highest BCUT2D eigenvalue weighted by molar-refractivity contribution is 8.26. The first-order valence-electron chi connectivity index (χ1n) is 11.1. The van der Waals surface area contributed by atoms with E-state index in [1.165, 1.54) is 41.6 Å². The number of thioether (sulfide) groups is 1. The van der Waals surface area contributed by atoms with Crippen LogP contribution < -0.4 is 0 Å². The quantitative estimate of drug-likeness (QED) is 0.418. The van der Waals surface area contributed by atoms with Crippen molar-refractivity contribution in [3.63, 3.8) is 0 Å². The van der Waals surface area contributed by atoms with E-state index in [9.17, 15) is 4.79 Å². The lowest BCUT2D eigenvalue weighted by Gasteiger charge is -2.20. The molecule has 0 radical (unpaired) electrons. The molecule has 6 nitrogen and oxygen atoms in total. The molecule has 0 unspecified atom stereocenters. The molecule has 32 heavy (non-hydrogen) atoms. The number of unbranched alkanes of at least 4 members (excludes halogenated alkanes) is 3. The summed E-state index contributed by atoms with van der Waals surface area (Å²) in [5.74, 6) is -0.284. The highest BCUT2D eigenvalue weighted by Gasteiger charge is 2.35. The summed E-state index contributed by atoms with van der Waals surface area (Å²) in [4.78, 5) is 17.0. The van der Waals surface area contributed by atoms with Crippen molar-refractivity contribution in [3.05, 3.63) is 58.4 Å². The molecule has 1 N–H and O–H groups in total. The van der Waals surface area contributed by atoms with Crippen molar-refractivity contribution in [1.29, 1.82) is 5.41 Å². The van der Waals surface area contributed by atoms with E-state index in [1.54, 1.807) is 6.08 Å². The van der Waals surface area contributed by atoms with Crippen LogP contribution in [0.5, 0.6) is 0 Å². The maximum atomic E-state index is 12.8. The maximum Gasteiger partial charge on any atom is 0.283 e. The first kappa shape index (κ1) is 22.3. The monoisotopic (exact) mass is 447 g/mol. The van der Waals surface area contributed by atoms with Crippen LogP contribution in [-0.2, 0) is 4.79 Å². The van der Waals surface area contributed by atoms with E-state index < -0.39 is 0 Å². The van der Waals surface area contributed by atoms with Crippen molar-refractivity contribution in [2.45, 2.75) is 59.8 Å². The second-order valence-corrected chi connectivity index (χ2v) is 9.37. The van der Waals surface area contributed by atoms with E-state index >= 15 is 0 Å². The molecule has 1 amide bonds. The lowest BCUT2D eigenvalue weighted by Crippen LogP contribution is -2.35. The van der Waals surface area contributed by atoms with Gasteiger partial charge in [0.05, 0.1) is 5.57 Å². The third-order valence-electron chi connectivity index (χ3n) is 5.77. The molecule has 2 aromatic rings. The maximum absolute atomic E-state index is 12.8. The first-order valence-corrected chi connectivity index (χ1v) is 12.0. The van der Waals surface area contributed by atoms with Crippen LogP contribution in [0.4, 0.5) is 0 Å². The van der Waals surface area contributed by atoms with Gasteiger partial charge in [0, 0.05) is 17.1 Å². The fourth-order valence-corrected chi connectivity index (χ4v) is 5.02. The number of aryl methyl sites for hydroxylation is 2. The minimum absolute atomic E-state index is 0.0939. The third kappa shape index (κ3) is 4.35. The van der Waals surface area contributed by atoms with Gasteiger partial charge >= 0.3 is 0 Å². The number of hydrogen-bond acceptors (Lipinski definition) is 4. The molecule has 0 bridgehead atoms. The van der Waals surface area contributed by atoms with Gasteiger partial charge in [-0.05, 0) is 80.8 Å². The van der Waals surface area contributed by atoms with Gasteiger partial charge in [0.15, 0.2) is 5.84 Å². The van der Waals surface area contributed by atoms with Gasteiger partial charge in [-0.3, -0.25) is 10.2 Å². The van der Waals surface area contributed by atoms with E-state index in [0.29, 0.717) is 5.17 Å². The molecule has 0 aliphatic carbocycles. The Morgan fingerprint density at radius 1 is 1.12 bits per heavy atom. The number of nitrogens with zero attached hydrogens (tertiary/aromatic N) is 4. The van der Waals surface area contributed by atoms with Crippen molar-refractivity contribution in [2.75, 3.05) is 0 Å². The summed E-state index contributed by atoms with van der Waals surface area (Å²) in [6.45, 7) is 8.35. The van der Waals surface area contributed by atoms with Gasteiger partial charge in [0.2, 0.25) is 5.17 Å². The van der Waals surface area contributed by atoms with Gasteiger partial charge in [-0.25, -0.2) is 0 Å². The van der Waals surface area contributed by atoms with Crippen LogP contribution in [0.2, 0.25) is 0 Å². The lowest BCUT2D eigenvalue weighted by atomic mass is 10.1. The Bertz CT molecular complexity index is 1170. The number of nitrogens with one attached hydrogen (secondary N) is 1. The van der Waals surface area contributed by atoms with E-state index in [-0.39, 0.29) is 17.3 Å². The summed E-state index contributed by atoms with van der Waals surface area (Å²) in [5.41, 5.74) is 5.55. The Morgan fingerprint density at radius 3 is 2.69 bits per heavy atom. The Balaban J connectivity index is 1.61. The number of carbonyl (C=O) groups is 1.